The smallest absolute Gasteiger partial charge is 0.220 e. The van der Waals surface area contributed by atoms with Crippen LogP contribution in [-0.2, 0) is 0 Å². The van der Waals surface area contributed by atoms with Crippen LogP contribution in [0.3, 0.4) is 0 Å². The van der Waals surface area contributed by atoms with Crippen molar-refractivity contribution in [2.45, 2.75) is 0 Å². The number of fused-ring (bicyclic) bond motifs is 1. The Balaban J connectivity index is 2.88. The zero-order chi connectivity index (χ0) is 8.55. The van der Waals surface area contributed by atoms with Crippen molar-refractivity contribution in [3.8, 4) is 0 Å². The highest BCUT2D eigenvalue weighted by Gasteiger charge is 2.02. The van der Waals surface area contributed by atoms with E-state index in [0.29, 0.717) is 5.39 Å². The van der Waals surface area contributed by atoms with Crippen molar-refractivity contribution in [2.24, 2.45) is 0 Å². The molecular weight excluding hydrogens is 159 g/mol. The van der Waals surface area contributed by atoms with Gasteiger partial charge < -0.3 is 5.73 Å². The molecule has 60 valence electrons. The van der Waals surface area contributed by atoms with E-state index in [1.165, 1.54) is 12.4 Å². The molecular formula is C7H5FN4. The number of rotatable bonds is 0. The topological polar surface area (TPSA) is 64.7 Å². The number of nitrogens with zero attached hydrogens (tertiary/aromatic N) is 3. The Kier molecular flexibility index (Phi) is 1.36. The fourth-order valence-electron chi connectivity index (χ4n) is 0.935. The van der Waals surface area contributed by atoms with E-state index in [4.69, 9.17) is 5.73 Å². The number of nitrogens with two attached hydrogens (primary N) is 1. The summed E-state index contributed by atoms with van der Waals surface area (Å²) in [5.74, 6) is -0.422. The molecule has 0 spiro atoms. The molecule has 12 heavy (non-hydrogen) atoms. The second-order valence-electron chi connectivity index (χ2n) is 2.29. The maximum atomic E-state index is 13.0. The summed E-state index contributed by atoms with van der Waals surface area (Å²) >= 11 is 0. The van der Waals surface area contributed by atoms with Gasteiger partial charge in [0.05, 0.1) is 6.20 Å². The molecule has 0 amide bonds. The summed E-state index contributed by atoms with van der Waals surface area (Å²) in [5.41, 5.74) is 5.49. The highest BCUT2D eigenvalue weighted by molar-refractivity contribution is 5.77. The van der Waals surface area contributed by atoms with Gasteiger partial charge in [0.15, 0.2) is 5.82 Å². The molecule has 2 aromatic heterocycles. The monoisotopic (exact) mass is 164 g/mol. The van der Waals surface area contributed by atoms with Crippen molar-refractivity contribution in [1.29, 1.82) is 0 Å². The number of anilines is 1. The molecule has 0 aliphatic heterocycles. The van der Waals surface area contributed by atoms with Crippen molar-refractivity contribution in [3.05, 3.63) is 24.4 Å². The molecule has 0 bridgehead atoms. The van der Waals surface area contributed by atoms with Gasteiger partial charge in [0, 0.05) is 17.8 Å². The van der Waals surface area contributed by atoms with E-state index in [0.717, 1.165) is 6.20 Å². The van der Waals surface area contributed by atoms with Crippen molar-refractivity contribution in [2.75, 3.05) is 5.73 Å². The first-order valence-electron chi connectivity index (χ1n) is 3.29. The molecule has 4 nitrogen and oxygen atoms in total. The fourth-order valence-corrected chi connectivity index (χ4v) is 0.935. The van der Waals surface area contributed by atoms with Gasteiger partial charge in [0.1, 0.15) is 5.52 Å². The molecule has 5 heteroatoms. The lowest BCUT2D eigenvalue weighted by Crippen LogP contribution is -1.95. The molecule has 0 fully saturated rings. The average molecular weight is 164 g/mol. The van der Waals surface area contributed by atoms with Crippen LogP contribution in [0.1, 0.15) is 0 Å². The minimum Gasteiger partial charge on any atom is -0.368 e. The summed E-state index contributed by atoms with van der Waals surface area (Å²) in [5, 5.41) is 0.546. The molecule has 2 heterocycles. The highest BCUT2D eigenvalue weighted by Crippen LogP contribution is 2.12. The van der Waals surface area contributed by atoms with E-state index < -0.39 is 5.82 Å². The van der Waals surface area contributed by atoms with Crippen LogP contribution in [0.4, 0.5) is 10.3 Å². The largest absolute Gasteiger partial charge is 0.368 e. The number of pyridine rings is 1. The summed E-state index contributed by atoms with van der Waals surface area (Å²) < 4.78 is 13.0. The maximum absolute atomic E-state index is 13.0. The molecule has 0 atom stereocenters. The zero-order valence-corrected chi connectivity index (χ0v) is 6.03. The number of aromatic nitrogens is 3. The van der Waals surface area contributed by atoms with Gasteiger partial charge in [-0.2, -0.15) is 0 Å². The van der Waals surface area contributed by atoms with Crippen LogP contribution >= 0.6 is 0 Å². The van der Waals surface area contributed by atoms with Crippen LogP contribution < -0.4 is 5.73 Å². The highest BCUT2D eigenvalue weighted by atomic mass is 19.1. The third kappa shape index (κ3) is 0.952. The predicted octanol–water partition coefficient (Wildman–Crippen LogP) is 0.746. The van der Waals surface area contributed by atoms with E-state index in [2.05, 4.69) is 15.0 Å². The SMILES string of the molecule is Nc1ncc2cncc(F)c2n1. The number of nitrogen functional groups attached to an aromatic ring is 1. The zero-order valence-electron chi connectivity index (χ0n) is 6.03. The molecule has 0 aliphatic rings. The lowest BCUT2D eigenvalue weighted by atomic mass is 10.3. The number of hydrogen-bond acceptors (Lipinski definition) is 4. The number of halogens is 1. The first-order valence-corrected chi connectivity index (χ1v) is 3.29. The van der Waals surface area contributed by atoms with Crippen LogP contribution in [0, 0.1) is 5.82 Å². The van der Waals surface area contributed by atoms with Crippen LogP contribution in [0.5, 0.6) is 0 Å². The third-order valence-electron chi connectivity index (χ3n) is 1.46. The average Bonchev–Trinajstić information content (AvgIpc) is 2.07. The standard InChI is InChI=1S/C7H5FN4/c8-5-3-10-1-4-2-11-7(9)12-6(4)5/h1-3H,(H2,9,11,12). The normalized spacial score (nSPS) is 10.4. The Morgan fingerprint density at radius 2 is 2.08 bits per heavy atom. The molecule has 0 aromatic carbocycles. The van der Waals surface area contributed by atoms with Crippen molar-refractivity contribution in [1.82, 2.24) is 15.0 Å². The first-order chi connectivity index (χ1) is 5.77. The van der Waals surface area contributed by atoms with Crippen LogP contribution in [0.2, 0.25) is 0 Å². The molecule has 0 unspecified atom stereocenters. The summed E-state index contributed by atoms with van der Waals surface area (Å²) in [7, 11) is 0. The van der Waals surface area contributed by atoms with Crippen molar-refractivity contribution < 1.29 is 4.39 Å². The molecule has 0 saturated heterocycles. The Bertz CT molecular complexity index is 429. The van der Waals surface area contributed by atoms with Gasteiger partial charge in [-0.25, -0.2) is 14.4 Å². The van der Waals surface area contributed by atoms with Crippen LogP contribution in [0.15, 0.2) is 18.6 Å². The molecule has 0 radical (unpaired) electrons. The van der Waals surface area contributed by atoms with Gasteiger partial charge >= 0.3 is 0 Å². The lowest BCUT2D eigenvalue weighted by Gasteiger charge is -1.96. The summed E-state index contributed by atoms with van der Waals surface area (Å²) in [6.07, 6.45) is 4.01. The van der Waals surface area contributed by atoms with Crippen molar-refractivity contribution in [3.63, 3.8) is 0 Å². The minimum absolute atomic E-state index is 0.0626. The van der Waals surface area contributed by atoms with Gasteiger partial charge in [-0.1, -0.05) is 0 Å². The summed E-state index contributed by atoms with van der Waals surface area (Å²) in [6.45, 7) is 0. The van der Waals surface area contributed by atoms with Gasteiger partial charge in [0.25, 0.3) is 0 Å². The maximum Gasteiger partial charge on any atom is 0.220 e. The Morgan fingerprint density at radius 3 is 2.92 bits per heavy atom. The second-order valence-corrected chi connectivity index (χ2v) is 2.29. The molecule has 2 N–H and O–H groups in total. The summed E-state index contributed by atoms with van der Waals surface area (Å²) in [4.78, 5) is 11.1. The van der Waals surface area contributed by atoms with Gasteiger partial charge in [-0.15, -0.1) is 0 Å². The third-order valence-corrected chi connectivity index (χ3v) is 1.46. The number of hydrogen-bond donors (Lipinski definition) is 1. The van der Waals surface area contributed by atoms with Crippen LogP contribution in [-0.4, -0.2) is 15.0 Å². The van der Waals surface area contributed by atoms with E-state index in [9.17, 15) is 4.39 Å². The van der Waals surface area contributed by atoms with E-state index >= 15 is 0 Å². The minimum atomic E-state index is -0.485. The fraction of sp³-hybridized carbons (Fsp3) is 0. The Hall–Kier alpha value is -1.78. The van der Waals surface area contributed by atoms with E-state index in [1.54, 1.807) is 0 Å². The molecule has 2 aromatic rings. The summed E-state index contributed by atoms with van der Waals surface area (Å²) in [6, 6.07) is 0. The van der Waals surface area contributed by atoms with Gasteiger partial charge in [0.2, 0.25) is 5.95 Å². The quantitative estimate of drug-likeness (QED) is 0.623. The van der Waals surface area contributed by atoms with E-state index in [-0.39, 0.29) is 11.5 Å². The Labute approximate surface area is 67.3 Å². The molecule has 0 saturated carbocycles. The Morgan fingerprint density at radius 1 is 1.25 bits per heavy atom. The second kappa shape index (κ2) is 2.37. The van der Waals surface area contributed by atoms with Gasteiger partial charge in [-0.05, 0) is 0 Å². The molecule has 0 aliphatic carbocycles. The van der Waals surface area contributed by atoms with E-state index in [1.807, 2.05) is 0 Å². The van der Waals surface area contributed by atoms with Gasteiger partial charge in [-0.3, -0.25) is 4.98 Å². The first kappa shape index (κ1) is 6.90. The molecule has 2 rings (SSSR count). The van der Waals surface area contributed by atoms with Crippen molar-refractivity contribution >= 4 is 16.9 Å². The lowest BCUT2D eigenvalue weighted by molar-refractivity contribution is 0.630. The van der Waals surface area contributed by atoms with Crippen LogP contribution in [0.25, 0.3) is 10.9 Å². The predicted molar refractivity (Wildman–Crippen MR) is 41.7 cm³/mol.